The molecular formula is C15H21NS. The Bertz CT molecular complexity index is 437. The Kier molecular flexibility index (Phi) is 4.19. The van der Waals surface area contributed by atoms with E-state index in [0.717, 1.165) is 0 Å². The van der Waals surface area contributed by atoms with Crippen molar-refractivity contribution in [2.75, 3.05) is 0 Å². The molecule has 1 heterocycles. The van der Waals surface area contributed by atoms with Crippen molar-refractivity contribution in [2.45, 2.75) is 45.7 Å². The van der Waals surface area contributed by atoms with Crippen LogP contribution < -0.4 is 5.32 Å². The SMILES string of the molecule is CCC(CC)NC(C)c1cc2ccccc2s1. The highest BCUT2D eigenvalue weighted by molar-refractivity contribution is 7.19. The van der Waals surface area contributed by atoms with E-state index in [1.165, 1.54) is 27.8 Å². The van der Waals surface area contributed by atoms with Crippen LogP contribution in [0.4, 0.5) is 0 Å². The fraction of sp³-hybridized carbons (Fsp3) is 0.467. The van der Waals surface area contributed by atoms with Crippen LogP contribution in [0.25, 0.3) is 10.1 Å². The molecule has 1 aromatic heterocycles. The molecule has 0 saturated carbocycles. The maximum Gasteiger partial charge on any atom is 0.0388 e. The largest absolute Gasteiger partial charge is 0.307 e. The van der Waals surface area contributed by atoms with E-state index in [0.29, 0.717) is 12.1 Å². The summed E-state index contributed by atoms with van der Waals surface area (Å²) in [5.74, 6) is 0. The first-order chi connectivity index (χ1) is 8.24. The van der Waals surface area contributed by atoms with Crippen LogP contribution >= 0.6 is 11.3 Å². The van der Waals surface area contributed by atoms with Crippen molar-refractivity contribution < 1.29 is 0 Å². The zero-order valence-electron chi connectivity index (χ0n) is 10.9. The molecule has 0 radical (unpaired) electrons. The molecule has 0 fully saturated rings. The summed E-state index contributed by atoms with van der Waals surface area (Å²) in [6.45, 7) is 6.76. The van der Waals surface area contributed by atoms with Crippen LogP contribution in [0.3, 0.4) is 0 Å². The van der Waals surface area contributed by atoms with E-state index < -0.39 is 0 Å². The normalized spacial score (nSPS) is 13.4. The molecule has 92 valence electrons. The Morgan fingerprint density at radius 3 is 2.53 bits per heavy atom. The molecular weight excluding hydrogens is 226 g/mol. The van der Waals surface area contributed by atoms with Gasteiger partial charge < -0.3 is 5.32 Å². The lowest BCUT2D eigenvalue weighted by molar-refractivity contribution is 0.436. The molecule has 2 rings (SSSR count). The molecule has 0 aliphatic rings. The maximum atomic E-state index is 3.70. The van der Waals surface area contributed by atoms with E-state index in [2.05, 4.69) is 56.4 Å². The second-order valence-electron chi connectivity index (χ2n) is 4.59. The average molecular weight is 247 g/mol. The molecule has 17 heavy (non-hydrogen) atoms. The number of benzene rings is 1. The van der Waals surface area contributed by atoms with Crippen LogP contribution in [0, 0.1) is 0 Å². The standard InChI is InChI=1S/C15H21NS/c1-4-13(5-2)16-11(3)15-10-12-8-6-7-9-14(12)17-15/h6-11,13,16H,4-5H2,1-3H3. The van der Waals surface area contributed by atoms with Crippen molar-refractivity contribution in [3.05, 3.63) is 35.2 Å². The highest BCUT2D eigenvalue weighted by atomic mass is 32.1. The van der Waals surface area contributed by atoms with Gasteiger partial charge in [-0.05, 0) is 37.3 Å². The molecule has 0 bridgehead atoms. The fourth-order valence-corrected chi connectivity index (χ4v) is 3.25. The topological polar surface area (TPSA) is 12.0 Å². The van der Waals surface area contributed by atoms with Crippen LogP contribution in [-0.2, 0) is 0 Å². The predicted molar refractivity (Wildman–Crippen MR) is 77.7 cm³/mol. The first-order valence-electron chi connectivity index (χ1n) is 6.49. The Hall–Kier alpha value is -0.860. The summed E-state index contributed by atoms with van der Waals surface area (Å²) in [5, 5.41) is 5.07. The van der Waals surface area contributed by atoms with E-state index in [1.54, 1.807) is 0 Å². The Labute approximate surface area is 108 Å². The molecule has 0 aliphatic heterocycles. The third kappa shape index (κ3) is 2.88. The van der Waals surface area contributed by atoms with E-state index >= 15 is 0 Å². The van der Waals surface area contributed by atoms with Gasteiger partial charge in [0.05, 0.1) is 0 Å². The predicted octanol–water partition coefficient (Wildman–Crippen LogP) is 4.74. The Morgan fingerprint density at radius 1 is 1.18 bits per heavy atom. The van der Waals surface area contributed by atoms with Gasteiger partial charge in [-0.1, -0.05) is 32.0 Å². The molecule has 0 spiro atoms. The van der Waals surface area contributed by atoms with Gasteiger partial charge in [0.25, 0.3) is 0 Å². The third-order valence-corrected chi connectivity index (χ3v) is 4.64. The third-order valence-electron chi connectivity index (χ3n) is 3.34. The second kappa shape index (κ2) is 5.65. The van der Waals surface area contributed by atoms with Gasteiger partial charge in [-0.15, -0.1) is 11.3 Å². The number of nitrogens with one attached hydrogen (secondary N) is 1. The molecule has 1 unspecified atom stereocenters. The summed E-state index contributed by atoms with van der Waals surface area (Å²) in [5.41, 5.74) is 0. The average Bonchev–Trinajstić information content (AvgIpc) is 2.79. The quantitative estimate of drug-likeness (QED) is 0.804. The van der Waals surface area contributed by atoms with Crippen molar-refractivity contribution in [1.82, 2.24) is 5.32 Å². The summed E-state index contributed by atoms with van der Waals surface area (Å²) < 4.78 is 1.39. The molecule has 1 atom stereocenters. The van der Waals surface area contributed by atoms with E-state index in [9.17, 15) is 0 Å². The van der Waals surface area contributed by atoms with Crippen molar-refractivity contribution in [3.8, 4) is 0 Å². The smallest absolute Gasteiger partial charge is 0.0388 e. The van der Waals surface area contributed by atoms with E-state index in [1.807, 2.05) is 11.3 Å². The van der Waals surface area contributed by atoms with Gasteiger partial charge in [0.15, 0.2) is 0 Å². The van der Waals surface area contributed by atoms with Crippen LogP contribution in [0.5, 0.6) is 0 Å². The zero-order valence-corrected chi connectivity index (χ0v) is 11.7. The molecule has 1 aromatic carbocycles. The van der Waals surface area contributed by atoms with Crippen LogP contribution in [0.1, 0.15) is 44.5 Å². The minimum atomic E-state index is 0.456. The number of fused-ring (bicyclic) bond motifs is 1. The molecule has 1 nitrogen and oxygen atoms in total. The monoisotopic (exact) mass is 247 g/mol. The highest BCUT2D eigenvalue weighted by Crippen LogP contribution is 2.29. The molecule has 0 aliphatic carbocycles. The molecule has 0 saturated heterocycles. The van der Waals surface area contributed by atoms with Gasteiger partial charge in [-0.2, -0.15) is 0 Å². The van der Waals surface area contributed by atoms with Gasteiger partial charge in [0.2, 0.25) is 0 Å². The number of hydrogen-bond donors (Lipinski definition) is 1. The fourth-order valence-electron chi connectivity index (χ4n) is 2.18. The Balaban J connectivity index is 2.15. The number of rotatable bonds is 5. The molecule has 2 aromatic rings. The van der Waals surface area contributed by atoms with Gasteiger partial charge in [-0.3, -0.25) is 0 Å². The van der Waals surface area contributed by atoms with Crippen LogP contribution in [0.15, 0.2) is 30.3 Å². The highest BCUT2D eigenvalue weighted by Gasteiger charge is 2.12. The van der Waals surface area contributed by atoms with Gasteiger partial charge in [-0.25, -0.2) is 0 Å². The van der Waals surface area contributed by atoms with Gasteiger partial charge in [0, 0.05) is 21.7 Å². The maximum absolute atomic E-state index is 3.70. The lowest BCUT2D eigenvalue weighted by Gasteiger charge is -2.19. The zero-order chi connectivity index (χ0) is 12.3. The van der Waals surface area contributed by atoms with E-state index in [4.69, 9.17) is 0 Å². The van der Waals surface area contributed by atoms with E-state index in [-0.39, 0.29) is 0 Å². The van der Waals surface area contributed by atoms with Crippen molar-refractivity contribution in [1.29, 1.82) is 0 Å². The van der Waals surface area contributed by atoms with Crippen molar-refractivity contribution in [3.63, 3.8) is 0 Å². The first kappa shape index (κ1) is 12.6. The summed E-state index contributed by atoms with van der Waals surface area (Å²) in [6.07, 6.45) is 2.40. The van der Waals surface area contributed by atoms with Crippen molar-refractivity contribution in [2.24, 2.45) is 0 Å². The molecule has 1 N–H and O–H groups in total. The summed E-state index contributed by atoms with van der Waals surface area (Å²) in [4.78, 5) is 1.44. The summed E-state index contributed by atoms with van der Waals surface area (Å²) in [6, 6.07) is 12.0. The Morgan fingerprint density at radius 2 is 1.88 bits per heavy atom. The lowest BCUT2D eigenvalue weighted by atomic mass is 10.1. The molecule has 2 heteroatoms. The minimum absolute atomic E-state index is 0.456. The summed E-state index contributed by atoms with van der Waals surface area (Å²) in [7, 11) is 0. The summed E-state index contributed by atoms with van der Waals surface area (Å²) >= 11 is 1.91. The van der Waals surface area contributed by atoms with Gasteiger partial charge in [0.1, 0.15) is 0 Å². The van der Waals surface area contributed by atoms with Gasteiger partial charge >= 0.3 is 0 Å². The number of hydrogen-bond acceptors (Lipinski definition) is 2. The lowest BCUT2D eigenvalue weighted by Crippen LogP contribution is -2.29. The second-order valence-corrected chi connectivity index (χ2v) is 5.70. The number of thiophene rings is 1. The van der Waals surface area contributed by atoms with Crippen LogP contribution in [0.2, 0.25) is 0 Å². The minimum Gasteiger partial charge on any atom is -0.307 e. The first-order valence-corrected chi connectivity index (χ1v) is 7.30. The molecule has 0 amide bonds. The van der Waals surface area contributed by atoms with Crippen molar-refractivity contribution >= 4 is 21.4 Å². The van der Waals surface area contributed by atoms with Crippen LogP contribution in [-0.4, -0.2) is 6.04 Å².